The van der Waals surface area contributed by atoms with Crippen LogP contribution < -0.4 is 0 Å². The van der Waals surface area contributed by atoms with E-state index in [1.54, 1.807) is 6.07 Å². The first-order valence-electron chi connectivity index (χ1n) is 5.03. The van der Waals surface area contributed by atoms with Crippen LogP contribution in [0.15, 0.2) is 23.4 Å². The summed E-state index contributed by atoms with van der Waals surface area (Å²) in [4.78, 5) is 12.7. The van der Waals surface area contributed by atoms with Crippen molar-refractivity contribution in [2.75, 3.05) is 20.6 Å². The Bertz CT molecular complexity index is 366. The van der Waals surface area contributed by atoms with Crippen molar-refractivity contribution in [1.29, 1.82) is 0 Å². The molecular formula is C11H16N2O3. The molecule has 0 amide bonds. The monoisotopic (exact) mass is 224 g/mol. The minimum absolute atomic E-state index is 0.194. The molecule has 0 aliphatic heterocycles. The predicted molar refractivity (Wildman–Crippen MR) is 61.5 cm³/mol. The van der Waals surface area contributed by atoms with Gasteiger partial charge in [-0.25, -0.2) is 0 Å². The number of hydrogen-bond donors (Lipinski definition) is 2. The zero-order chi connectivity index (χ0) is 12.1. The molecule has 88 valence electrons. The van der Waals surface area contributed by atoms with E-state index < -0.39 is 6.04 Å². The topological polar surface area (TPSA) is 73.1 Å². The van der Waals surface area contributed by atoms with Gasteiger partial charge >= 0.3 is 0 Å². The lowest BCUT2D eigenvalue weighted by molar-refractivity contribution is 0.380. The zero-order valence-corrected chi connectivity index (χ0v) is 9.42. The van der Waals surface area contributed by atoms with Crippen LogP contribution in [0.1, 0.15) is 18.0 Å². The summed E-state index contributed by atoms with van der Waals surface area (Å²) in [5.41, 5.74) is 0.618. The van der Waals surface area contributed by atoms with Gasteiger partial charge in [-0.1, -0.05) is 11.2 Å². The maximum Gasteiger partial charge on any atom is 0.157 e. The third-order valence-corrected chi connectivity index (χ3v) is 2.36. The zero-order valence-electron chi connectivity index (χ0n) is 9.42. The number of nitroso groups, excluding NO2 is 1. The Kier molecular flexibility index (Phi) is 4.25. The van der Waals surface area contributed by atoms with Gasteiger partial charge in [0.05, 0.1) is 0 Å². The molecule has 1 rings (SSSR count). The SMILES string of the molecule is CN(C)CCC(N=O)c1ccc(O)c(O)c1. The molecule has 1 atom stereocenters. The Hall–Kier alpha value is -1.62. The highest BCUT2D eigenvalue weighted by Gasteiger charge is 2.13. The minimum Gasteiger partial charge on any atom is -0.504 e. The van der Waals surface area contributed by atoms with Crippen LogP contribution in [-0.2, 0) is 0 Å². The fourth-order valence-corrected chi connectivity index (χ4v) is 1.41. The molecule has 0 saturated heterocycles. The first-order valence-corrected chi connectivity index (χ1v) is 5.03. The average Bonchev–Trinajstić information content (AvgIpc) is 2.23. The van der Waals surface area contributed by atoms with Crippen LogP contribution in [0.5, 0.6) is 11.5 Å². The van der Waals surface area contributed by atoms with Crippen LogP contribution in [-0.4, -0.2) is 35.8 Å². The second kappa shape index (κ2) is 5.46. The van der Waals surface area contributed by atoms with E-state index in [1.807, 2.05) is 19.0 Å². The molecule has 0 aliphatic carbocycles. The van der Waals surface area contributed by atoms with Crippen LogP contribution in [0.25, 0.3) is 0 Å². The molecule has 0 saturated carbocycles. The molecule has 0 fully saturated rings. The Labute approximate surface area is 94.3 Å². The molecule has 0 aromatic heterocycles. The Balaban J connectivity index is 2.78. The highest BCUT2D eigenvalue weighted by atomic mass is 16.3. The van der Waals surface area contributed by atoms with Crippen molar-refractivity contribution < 1.29 is 10.2 Å². The van der Waals surface area contributed by atoms with Crippen molar-refractivity contribution in [1.82, 2.24) is 4.90 Å². The van der Waals surface area contributed by atoms with Gasteiger partial charge in [0.2, 0.25) is 0 Å². The summed E-state index contributed by atoms with van der Waals surface area (Å²) in [6.45, 7) is 0.734. The molecule has 1 unspecified atom stereocenters. The number of rotatable bonds is 5. The number of aromatic hydroxyl groups is 2. The number of nitrogens with zero attached hydrogens (tertiary/aromatic N) is 2. The molecule has 1 aromatic carbocycles. The minimum atomic E-state index is -0.492. The summed E-state index contributed by atoms with van der Waals surface area (Å²) in [7, 11) is 3.83. The van der Waals surface area contributed by atoms with Gasteiger partial charge in [-0.05, 0) is 38.2 Å². The first kappa shape index (κ1) is 12.4. The molecule has 5 nitrogen and oxygen atoms in total. The van der Waals surface area contributed by atoms with Gasteiger partial charge in [-0.15, -0.1) is 0 Å². The van der Waals surface area contributed by atoms with Crippen molar-refractivity contribution in [3.63, 3.8) is 0 Å². The number of phenolic OH excluding ortho intramolecular Hbond substituents is 2. The van der Waals surface area contributed by atoms with E-state index in [4.69, 9.17) is 5.11 Å². The third-order valence-electron chi connectivity index (χ3n) is 2.36. The Morgan fingerprint density at radius 3 is 2.50 bits per heavy atom. The maximum atomic E-state index is 10.7. The smallest absolute Gasteiger partial charge is 0.157 e. The van der Waals surface area contributed by atoms with Crippen LogP contribution in [0.3, 0.4) is 0 Å². The fourth-order valence-electron chi connectivity index (χ4n) is 1.41. The van der Waals surface area contributed by atoms with E-state index in [2.05, 4.69) is 5.18 Å². The summed E-state index contributed by atoms with van der Waals surface area (Å²) in [5, 5.41) is 21.5. The molecule has 0 heterocycles. The summed E-state index contributed by atoms with van der Waals surface area (Å²) >= 11 is 0. The molecule has 0 bridgehead atoms. The molecule has 0 aliphatic rings. The van der Waals surface area contributed by atoms with Crippen molar-refractivity contribution >= 4 is 0 Å². The van der Waals surface area contributed by atoms with Crippen molar-refractivity contribution in [3.05, 3.63) is 28.7 Å². The normalized spacial score (nSPS) is 12.7. The lowest BCUT2D eigenvalue weighted by atomic mass is 10.0. The van der Waals surface area contributed by atoms with Gasteiger partial charge < -0.3 is 15.1 Å². The van der Waals surface area contributed by atoms with E-state index >= 15 is 0 Å². The molecule has 0 spiro atoms. The standard InChI is InChI=1S/C11H16N2O3/c1-13(2)6-5-9(12-16)8-3-4-10(14)11(15)7-8/h3-4,7,9,14-15H,5-6H2,1-2H3. The van der Waals surface area contributed by atoms with E-state index in [9.17, 15) is 10.0 Å². The van der Waals surface area contributed by atoms with Crippen LogP contribution in [0.4, 0.5) is 0 Å². The molecule has 5 heteroatoms. The lowest BCUT2D eigenvalue weighted by Crippen LogP contribution is -2.15. The molecule has 2 N–H and O–H groups in total. The van der Waals surface area contributed by atoms with E-state index in [-0.39, 0.29) is 11.5 Å². The fraction of sp³-hybridized carbons (Fsp3) is 0.455. The van der Waals surface area contributed by atoms with E-state index in [0.717, 1.165) is 6.54 Å². The van der Waals surface area contributed by atoms with E-state index in [1.165, 1.54) is 12.1 Å². The number of hydrogen-bond acceptors (Lipinski definition) is 5. The molecule has 0 radical (unpaired) electrons. The van der Waals surface area contributed by atoms with Gasteiger partial charge in [0.25, 0.3) is 0 Å². The van der Waals surface area contributed by atoms with Crippen LogP contribution >= 0.6 is 0 Å². The molecular weight excluding hydrogens is 208 g/mol. The third kappa shape index (κ3) is 3.20. The summed E-state index contributed by atoms with van der Waals surface area (Å²) < 4.78 is 0. The highest BCUT2D eigenvalue weighted by molar-refractivity contribution is 5.41. The van der Waals surface area contributed by atoms with E-state index in [0.29, 0.717) is 12.0 Å². The van der Waals surface area contributed by atoms with Gasteiger partial charge in [-0.3, -0.25) is 0 Å². The van der Waals surface area contributed by atoms with Crippen LogP contribution in [0, 0.1) is 4.91 Å². The lowest BCUT2D eigenvalue weighted by Gasteiger charge is -2.13. The Morgan fingerprint density at radius 2 is 2.00 bits per heavy atom. The van der Waals surface area contributed by atoms with Crippen molar-refractivity contribution in [2.24, 2.45) is 5.18 Å². The number of benzene rings is 1. The summed E-state index contributed by atoms with van der Waals surface area (Å²) in [6, 6.07) is 3.83. The molecule has 16 heavy (non-hydrogen) atoms. The van der Waals surface area contributed by atoms with Gasteiger partial charge in [0.1, 0.15) is 6.04 Å². The maximum absolute atomic E-state index is 10.7. The van der Waals surface area contributed by atoms with Crippen LogP contribution in [0.2, 0.25) is 0 Å². The molecule has 1 aromatic rings. The second-order valence-electron chi connectivity index (χ2n) is 3.96. The quantitative estimate of drug-likeness (QED) is 0.591. The second-order valence-corrected chi connectivity index (χ2v) is 3.96. The highest BCUT2D eigenvalue weighted by Crippen LogP contribution is 2.30. The summed E-state index contributed by atoms with van der Waals surface area (Å²) in [6.07, 6.45) is 0.584. The van der Waals surface area contributed by atoms with Gasteiger partial charge in [0, 0.05) is 6.54 Å². The van der Waals surface area contributed by atoms with Crippen molar-refractivity contribution in [3.8, 4) is 11.5 Å². The Morgan fingerprint density at radius 1 is 1.31 bits per heavy atom. The predicted octanol–water partition coefficient (Wildman–Crippen LogP) is 1.86. The summed E-state index contributed by atoms with van der Waals surface area (Å²) in [5.74, 6) is -0.419. The number of phenols is 2. The van der Waals surface area contributed by atoms with Gasteiger partial charge in [0.15, 0.2) is 11.5 Å². The largest absolute Gasteiger partial charge is 0.504 e. The average molecular weight is 224 g/mol. The van der Waals surface area contributed by atoms with Gasteiger partial charge in [-0.2, -0.15) is 4.91 Å². The van der Waals surface area contributed by atoms with Crippen molar-refractivity contribution in [2.45, 2.75) is 12.5 Å². The first-order chi connectivity index (χ1) is 7.54.